The fourth-order valence-electron chi connectivity index (χ4n) is 3.14. The van der Waals surface area contributed by atoms with Crippen LogP contribution in [0.1, 0.15) is 49.1 Å². The summed E-state index contributed by atoms with van der Waals surface area (Å²) in [6.07, 6.45) is 3.87. The average Bonchev–Trinajstić information content (AvgIpc) is 3.38. The molecule has 0 unspecified atom stereocenters. The smallest absolute Gasteiger partial charge is 0.421 e. The van der Waals surface area contributed by atoms with Crippen LogP contribution in [0.3, 0.4) is 0 Å². The molecule has 0 aliphatic rings. The molecule has 6 nitrogen and oxygen atoms in total. The van der Waals surface area contributed by atoms with E-state index in [9.17, 15) is 13.2 Å². The number of ether oxygens (including phenoxy) is 1. The van der Waals surface area contributed by atoms with Gasteiger partial charge in [-0.3, -0.25) is 0 Å². The molecule has 1 N–H and O–H groups in total. The van der Waals surface area contributed by atoms with Crippen LogP contribution >= 0.6 is 22.7 Å². The third-order valence-electron chi connectivity index (χ3n) is 4.66. The zero-order valence-electron chi connectivity index (χ0n) is 18.5. The minimum atomic E-state index is -4.06. The van der Waals surface area contributed by atoms with Crippen molar-refractivity contribution in [1.82, 2.24) is 9.71 Å². The quantitative estimate of drug-likeness (QED) is 0.357. The zero-order chi connectivity index (χ0) is 23.1. The molecule has 172 valence electrons. The molecule has 0 aliphatic heterocycles. The third kappa shape index (κ3) is 6.63. The molecule has 32 heavy (non-hydrogen) atoms. The number of hydrogen-bond acceptors (Lipinski definition) is 7. The standard InChI is InChI=1S/C23H28N2O4S3/c1-4-5-11-29-23(26)25-32(27,28)22-20(15-19(31-22)13-16(2)3)18-8-6-17(7-9-18)14-21-24-10-12-30-21/h6-10,12,15-16H,4-5,11,13-14H2,1-3H3,(H,25,26). The first kappa shape index (κ1) is 24.4. The van der Waals surface area contributed by atoms with Gasteiger partial charge in [-0.1, -0.05) is 51.5 Å². The first-order chi connectivity index (χ1) is 15.3. The van der Waals surface area contributed by atoms with Crippen molar-refractivity contribution in [3.63, 3.8) is 0 Å². The Morgan fingerprint density at radius 1 is 1.22 bits per heavy atom. The van der Waals surface area contributed by atoms with Gasteiger partial charge in [0.05, 0.1) is 11.6 Å². The van der Waals surface area contributed by atoms with Crippen molar-refractivity contribution >= 4 is 38.8 Å². The molecule has 3 aromatic rings. The van der Waals surface area contributed by atoms with E-state index in [0.717, 1.165) is 40.3 Å². The van der Waals surface area contributed by atoms with Gasteiger partial charge >= 0.3 is 6.09 Å². The number of nitrogens with zero attached hydrogens (tertiary/aromatic N) is 1. The van der Waals surface area contributed by atoms with Crippen LogP contribution in [-0.2, 0) is 27.6 Å². The van der Waals surface area contributed by atoms with Gasteiger partial charge in [-0.05, 0) is 36.0 Å². The summed E-state index contributed by atoms with van der Waals surface area (Å²) in [5.41, 5.74) is 2.49. The summed E-state index contributed by atoms with van der Waals surface area (Å²) in [7, 11) is -4.06. The summed E-state index contributed by atoms with van der Waals surface area (Å²) < 4.78 is 33.3. The Balaban J connectivity index is 1.87. The molecule has 2 heterocycles. The Bertz CT molecular complexity index is 1120. The van der Waals surface area contributed by atoms with Crippen molar-refractivity contribution in [1.29, 1.82) is 0 Å². The van der Waals surface area contributed by atoms with Crippen LogP contribution in [0, 0.1) is 5.92 Å². The van der Waals surface area contributed by atoms with Crippen molar-refractivity contribution in [2.24, 2.45) is 5.92 Å². The van der Waals surface area contributed by atoms with Crippen molar-refractivity contribution < 1.29 is 17.9 Å². The molecule has 0 radical (unpaired) electrons. The Kier molecular flexibility index (Phi) is 8.44. The predicted molar refractivity (Wildman–Crippen MR) is 130 cm³/mol. The lowest BCUT2D eigenvalue weighted by Crippen LogP contribution is -2.31. The monoisotopic (exact) mass is 492 g/mol. The number of rotatable bonds is 10. The molecule has 2 aromatic heterocycles. The molecule has 0 bridgehead atoms. The summed E-state index contributed by atoms with van der Waals surface area (Å²) in [4.78, 5) is 17.3. The first-order valence-corrected chi connectivity index (χ1v) is 13.8. The number of carbonyl (C=O) groups is 1. The van der Waals surface area contributed by atoms with Gasteiger partial charge in [0.2, 0.25) is 0 Å². The second kappa shape index (κ2) is 11.1. The van der Waals surface area contributed by atoms with Gasteiger partial charge in [0.25, 0.3) is 10.0 Å². The van der Waals surface area contributed by atoms with Crippen LogP contribution in [-0.4, -0.2) is 26.1 Å². The molecule has 0 saturated carbocycles. The lowest BCUT2D eigenvalue weighted by molar-refractivity contribution is 0.151. The van der Waals surface area contributed by atoms with Crippen LogP contribution in [0.4, 0.5) is 4.79 Å². The van der Waals surface area contributed by atoms with Crippen LogP contribution in [0.15, 0.2) is 46.1 Å². The van der Waals surface area contributed by atoms with E-state index in [1.54, 1.807) is 17.5 Å². The number of benzene rings is 1. The highest BCUT2D eigenvalue weighted by Gasteiger charge is 2.26. The SMILES string of the molecule is CCCCOC(=O)NS(=O)(=O)c1sc(CC(C)C)cc1-c1ccc(Cc2nccs2)cc1. The molecule has 1 aromatic carbocycles. The number of amides is 1. The van der Waals surface area contributed by atoms with Crippen LogP contribution < -0.4 is 4.72 Å². The van der Waals surface area contributed by atoms with Crippen LogP contribution in [0.2, 0.25) is 0 Å². The highest BCUT2D eigenvalue weighted by atomic mass is 32.2. The van der Waals surface area contributed by atoms with Crippen LogP contribution in [0.5, 0.6) is 0 Å². The Hall–Kier alpha value is -2.23. The highest BCUT2D eigenvalue weighted by molar-refractivity contribution is 7.92. The number of thiophene rings is 1. The van der Waals surface area contributed by atoms with E-state index in [1.165, 1.54) is 11.3 Å². The maximum atomic E-state index is 13.0. The third-order valence-corrected chi connectivity index (χ3v) is 8.44. The Morgan fingerprint density at radius 2 is 1.97 bits per heavy atom. The van der Waals surface area contributed by atoms with Gasteiger partial charge < -0.3 is 4.74 Å². The maximum absolute atomic E-state index is 13.0. The predicted octanol–water partition coefficient (Wildman–Crippen LogP) is 5.88. The van der Waals surface area contributed by atoms with Crippen molar-refractivity contribution in [2.75, 3.05) is 6.61 Å². The Labute approximate surface area is 197 Å². The first-order valence-electron chi connectivity index (χ1n) is 10.6. The minimum absolute atomic E-state index is 0.133. The second-order valence-corrected chi connectivity index (χ2v) is 11.9. The summed E-state index contributed by atoms with van der Waals surface area (Å²) >= 11 is 2.81. The highest BCUT2D eigenvalue weighted by Crippen LogP contribution is 2.36. The number of sulfonamides is 1. The van der Waals surface area contributed by atoms with Crippen molar-refractivity contribution in [3.05, 3.63) is 57.4 Å². The van der Waals surface area contributed by atoms with Gasteiger partial charge in [0, 0.05) is 28.4 Å². The number of thiazole rings is 1. The summed E-state index contributed by atoms with van der Waals surface area (Å²) in [5.74, 6) is 0.379. The minimum Gasteiger partial charge on any atom is -0.449 e. The molecule has 0 spiro atoms. The van der Waals surface area contributed by atoms with Gasteiger partial charge in [0.15, 0.2) is 0 Å². The van der Waals surface area contributed by atoms with E-state index in [4.69, 9.17) is 4.74 Å². The number of nitrogens with one attached hydrogen (secondary N) is 1. The van der Waals surface area contributed by atoms with E-state index in [2.05, 4.69) is 23.6 Å². The summed E-state index contributed by atoms with van der Waals surface area (Å²) in [6.45, 7) is 6.33. The second-order valence-electron chi connectivity index (χ2n) is 7.91. The normalized spacial score (nSPS) is 11.6. The fourth-order valence-corrected chi connectivity index (χ4v) is 6.63. The number of carbonyl (C=O) groups excluding carboxylic acids is 1. The topological polar surface area (TPSA) is 85.4 Å². The van der Waals surface area contributed by atoms with Gasteiger partial charge in [-0.25, -0.2) is 22.9 Å². The van der Waals surface area contributed by atoms with Gasteiger partial charge in [0.1, 0.15) is 4.21 Å². The molecule has 0 saturated heterocycles. The van der Waals surface area contributed by atoms with Crippen molar-refractivity contribution in [2.45, 2.75) is 50.7 Å². The van der Waals surface area contributed by atoms with Crippen LogP contribution in [0.25, 0.3) is 11.1 Å². The molecular weight excluding hydrogens is 464 g/mol. The number of hydrogen-bond donors (Lipinski definition) is 1. The summed E-state index contributed by atoms with van der Waals surface area (Å²) in [5, 5.41) is 2.98. The van der Waals surface area contributed by atoms with Gasteiger partial charge in [-0.2, -0.15) is 0 Å². The lowest BCUT2D eigenvalue weighted by Gasteiger charge is -2.09. The number of aromatic nitrogens is 1. The van der Waals surface area contributed by atoms with Gasteiger partial charge in [-0.15, -0.1) is 22.7 Å². The molecule has 9 heteroatoms. The van der Waals surface area contributed by atoms with Crippen molar-refractivity contribution in [3.8, 4) is 11.1 Å². The fraction of sp³-hybridized carbons (Fsp3) is 0.391. The van der Waals surface area contributed by atoms with E-state index in [1.807, 2.05) is 42.6 Å². The molecule has 0 fully saturated rings. The zero-order valence-corrected chi connectivity index (χ0v) is 20.9. The molecule has 0 atom stereocenters. The lowest BCUT2D eigenvalue weighted by atomic mass is 10.0. The Morgan fingerprint density at radius 3 is 2.59 bits per heavy atom. The maximum Gasteiger partial charge on any atom is 0.421 e. The molecule has 1 amide bonds. The molecular formula is C23H28N2O4S3. The van der Waals surface area contributed by atoms with E-state index >= 15 is 0 Å². The van der Waals surface area contributed by atoms with E-state index in [0.29, 0.717) is 17.9 Å². The molecule has 3 rings (SSSR count). The van der Waals surface area contributed by atoms with E-state index < -0.39 is 16.1 Å². The largest absolute Gasteiger partial charge is 0.449 e. The average molecular weight is 493 g/mol. The van der Waals surface area contributed by atoms with E-state index in [-0.39, 0.29) is 10.8 Å². The number of unbranched alkanes of at least 4 members (excludes halogenated alkanes) is 1. The summed E-state index contributed by atoms with van der Waals surface area (Å²) in [6, 6.07) is 9.72. The molecule has 0 aliphatic carbocycles.